The molecule has 2 aliphatic heterocycles. The first-order valence-electron chi connectivity index (χ1n) is 8.02. The first kappa shape index (κ1) is 16.9. The van der Waals surface area contributed by atoms with Gasteiger partial charge in [-0.1, -0.05) is 12.1 Å². The van der Waals surface area contributed by atoms with Crippen LogP contribution < -0.4 is 0 Å². The molecule has 0 bridgehead atoms. The van der Waals surface area contributed by atoms with Crippen LogP contribution in [0, 0.1) is 5.82 Å². The smallest absolute Gasteiger partial charge is 0.332 e. The maximum absolute atomic E-state index is 13.1. The molecule has 1 aromatic rings. The van der Waals surface area contributed by atoms with E-state index in [-0.39, 0.29) is 23.9 Å². The van der Waals surface area contributed by atoms with E-state index in [2.05, 4.69) is 0 Å². The molecule has 2 heterocycles. The Balaban J connectivity index is 1.68. The van der Waals surface area contributed by atoms with Crippen molar-refractivity contribution in [3.8, 4) is 0 Å². The molecule has 0 radical (unpaired) electrons. The van der Waals surface area contributed by atoms with Gasteiger partial charge in [-0.2, -0.15) is 0 Å². The number of amides is 1. The highest BCUT2D eigenvalue weighted by atomic mass is 19.1. The fraction of sp³-hybridized carbons (Fsp3) is 0.529. The van der Waals surface area contributed by atoms with Gasteiger partial charge in [0, 0.05) is 6.54 Å². The zero-order valence-electron chi connectivity index (χ0n) is 13.4. The maximum atomic E-state index is 13.1. The number of carbonyl (C=O) groups is 2. The first-order chi connectivity index (χ1) is 11.4. The van der Waals surface area contributed by atoms with Crippen LogP contribution in [0.1, 0.15) is 31.4 Å². The maximum Gasteiger partial charge on any atom is 0.332 e. The number of benzene rings is 1. The van der Waals surface area contributed by atoms with Crippen LogP contribution in [0.25, 0.3) is 0 Å². The fourth-order valence-corrected chi connectivity index (χ4v) is 3.20. The molecule has 0 spiro atoms. The Bertz CT molecular complexity index is 620. The molecule has 3 rings (SSSR count). The second-order valence-corrected chi connectivity index (χ2v) is 6.26. The third-order valence-electron chi connectivity index (χ3n) is 4.38. The molecule has 1 aromatic carbocycles. The summed E-state index contributed by atoms with van der Waals surface area (Å²) in [6, 6.07) is 6.02. The molecule has 1 amide bonds. The Morgan fingerprint density at radius 2 is 1.79 bits per heavy atom. The summed E-state index contributed by atoms with van der Waals surface area (Å²) in [5, 5.41) is 8.98. The minimum Gasteiger partial charge on any atom is -0.479 e. The average Bonchev–Trinajstić information content (AvgIpc) is 3.04. The summed E-state index contributed by atoms with van der Waals surface area (Å²) in [6.07, 6.45) is -1.39. The SMILES string of the molecule is CC1CN(C(=O)[C@@H]2CC[C@H](C(=O)O)O2)CC(c2ccc(F)cc2)O1. The highest BCUT2D eigenvalue weighted by Crippen LogP contribution is 2.28. The topological polar surface area (TPSA) is 76.1 Å². The van der Waals surface area contributed by atoms with Crippen molar-refractivity contribution in [3.63, 3.8) is 0 Å². The third kappa shape index (κ3) is 3.57. The molecule has 7 heteroatoms. The summed E-state index contributed by atoms with van der Waals surface area (Å²) in [5.41, 5.74) is 0.802. The second kappa shape index (κ2) is 6.86. The van der Waals surface area contributed by atoms with Gasteiger partial charge in [-0.15, -0.1) is 0 Å². The van der Waals surface area contributed by atoms with Crippen molar-refractivity contribution in [2.75, 3.05) is 13.1 Å². The van der Waals surface area contributed by atoms with E-state index in [1.807, 2.05) is 6.92 Å². The van der Waals surface area contributed by atoms with Gasteiger partial charge in [0.2, 0.25) is 0 Å². The van der Waals surface area contributed by atoms with Gasteiger partial charge in [0.1, 0.15) is 18.0 Å². The van der Waals surface area contributed by atoms with Gasteiger partial charge < -0.3 is 19.5 Å². The minimum absolute atomic E-state index is 0.172. The van der Waals surface area contributed by atoms with Gasteiger partial charge in [-0.3, -0.25) is 4.79 Å². The summed E-state index contributed by atoms with van der Waals surface area (Å²) in [4.78, 5) is 25.2. The molecule has 2 saturated heterocycles. The predicted molar refractivity (Wildman–Crippen MR) is 81.8 cm³/mol. The number of morpholine rings is 1. The monoisotopic (exact) mass is 337 g/mol. The normalized spacial score (nSPS) is 30.3. The Hall–Kier alpha value is -1.99. The minimum atomic E-state index is -1.04. The molecular formula is C17H20FNO5. The Kier molecular flexibility index (Phi) is 4.82. The van der Waals surface area contributed by atoms with E-state index in [0.717, 1.165) is 5.56 Å². The summed E-state index contributed by atoms with van der Waals surface area (Å²) in [5.74, 6) is -1.57. The summed E-state index contributed by atoms with van der Waals surface area (Å²) in [6.45, 7) is 2.63. The molecule has 2 unspecified atom stereocenters. The van der Waals surface area contributed by atoms with Crippen LogP contribution in [0.2, 0.25) is 0 Å². The number of carboxylic acids is 1. The van der Waals surface area contributed by atoms with Crippen molar-refractivity contribution < 1.29 is 28.6 Å². The Labute approximate surface area is 139 Å². The average molecular weight is 337 g/mol. The Morgan fingerprint density at radius 1 is 1.12 bits per heavy atom. The third-order valence-corrected chi connectivity index (χ3v) is 4.38. The number of rotatable bonds is 3. The van der Waals surface area contributed by atoms with Crippen LogP contribution in [0.3, 0.4) is 0 Å². The number of carboxylic acid groups (broad SMARTS) is 1. The molecule has 4 atom stereocenters. The number of carbonyl (C=O) groups excluding carboxylic acids is 1. The lowest BCUT2D eigenvalue weighted by Crippen LogP contribution is -2.49. The van der Waals surface area contributed by atoms with E-state index in [1.165, 1.54) is 12.1 Å². The molecule has 24 heavy (non-hydrogen) atoms. The number of aliphatic carboxylic acids is 1. The van der Waals surface area contributed by atoms with E-state index >= 15 is 0 Å². The molecule has 2 aliphatic rings. The number of ether oxygens (including phenoxy) is 2. The lowest BCUT2D eigenvalue weighted by Gasteiger charge is -2.38. The van der Waals surface area contributed by atoms with E-state index in [1.54, 1.807) is 17.0 Å². The molecule has 0 aromatic heterocycles. The van der Waals surface area contributed by atoms with E-state index < -0.39 is 18.2 Å². The van der Waals surface area contributed by atoms with Crippen LogP contribution >= 0.6 is 0 Å². The molecular weight excluding hydrogens is 317 g/mol. The number of halogens is 1. The first-order valence-corrected chi connectivity index (χ1v) is 8.02. The summed E-state index contributed by atoms with van der Waals surface area (Å²) in [7, 11) is 0. The van der Waals surface area contributed by atoms with E-state index in [9.17, 15) is 14.0 Å². The molecule has 0 aliphatic carbocycles. The number of hydrogen-bond donors (Lipinski definition) is 1. The van der Waals surface area contributed by atoms with Crippen LogP contribution in [0.15, 0.2) is 24.3 Å². The summed E-state index contributed by atoms with van der Waals surface area (Å²) >= 11 is 0. The van der Waals surface area contributed by atoms with Crippen molar-refractivity contribution in [1.29, 1.82) is 0 Å². The zero-order chi connectivity index (χ0) is 17.3. The lowest BCUT2D eigenvalue weighted by molar-refractivity contribution is -0.161. The van der Waals surface area contributed by atoms with E-state index in [4.69, 9.17) is 14.6 Å². The molecule has 2 fully saturated rings. The second-order valence-electron chi connectivity index (χ2n) is 6.26. The van der Waals surface area contributed by atoms with Gasteiger partial charge in [0.15, 0.2) is 6.10 Å². The zero-order valence-corrected chi connectivity index (χ0v) is 13.4. The number of nitrogens with zero attached hydrogens (tertiary/aromatic N) is 1. The van der Waals surface area contributed by atoms with Gasteiger partial charge in [0.25, 0.3) is 5.91 Å². The molecule has 1 N–H and O–H groups in total. The van der Waals surface area contributed by atoms with Gasteiger partial charge in [-0.05, 0) is 37.5 Å². The molecule has 0 saturated carbocycles. The van der Waals surface area contributed by atoms with Crippen LogP contribution in [0.4, 0.5) is 4.39 Å². The number of hydrogen-bond acceptors (Lipinski definition) is 4. The largest absolute Gasteiger partial charge is 0.479 e. The van der Waals surface area contributed by atoms with Crippen molar-refractivity contribution >= 4 is 11.9 Å². The van der Waals surface area contributed by atoms with Crippen molar-refractivity contribution in [3.05, 3.63) is 35.6 Å². The summed E-state index contributed by atoms with van der Waals surface area (Å²) < 4.78 is 24.3. The quantitative estimate of drug-likeness (QED) is 0.909. The van der Waals surface area contributed by atoms with Gasteiger partial charge >= 0.3 is 5.97 Å². The Morgan fingerprint density at radius 3 is 2.42 bits per heavy atom. The van der Waals surface area contributed by atoms with Crippen LogP contribution in [-0.2, 0) is 19.1 Å². The van der Waals surface area contributed by atoms with Crippen molar-refractivity contribution in [2.24, 2.45) is 0 Å². The van der Waals surface area contributed by atoms with Crippen molar-refractivity contribution in [1.82, 2.24) is 4.90 Å². The van der Waals surface area contributed by atoms with Gasteiger partial charge in [0.05, 0.1) is 12.6 Å². The van der Waals surface area contributed by atoms with Gasteiger partial charge in [-0.25, -0.2) is 9.18 Å². The standard InChI is InChI=1S/C17H20FNO5/c1-10-8-19(16(20)13-6-7-14(24-13)17(21)22)9-15(23-10)11-2-4-12(18)5-3-11/h2-5,10,13-15H,6-9H2,1H3,(H,21,22)/t10?,13-,14+,15?/m0/s1. The van der Waals surface area contributed by atoms with Crippen LogP contribution in [0.5, 0.6) is 0 Å². The molecule has 6 nitrogen and oxygen atoms in total. The van der Waals surface area contributed by atoms with E-state index in [0.29, 0.717) is 25.9 Å². The fourth-order valence-electron chi connectivity index (χ4n) is 3.20. The highest BCUT2D eigenvalue weighted by Gasteiger charge is 2.39. The van der Waals surface area contributed by atoms with Crippen molar-refractivity contribution in [2.45, 2.75) is 44.2 Å². The molecule has 130 valence electrons. The van der Waals surface area contributed by atoms with Crippen LogP contribution in [-0.4, -0.2) is 53.3 Å². The predicted octanol–water partition coefficient (Wildman–Crippen LogP) is 1.75. The highest BCUT2D eigenvalue weighted by molar-refractivity contribution is 5.83. The lowest BCUT2D eigenvalue weighted by atomic mass is 10.1.